The minimum absolute atomic E-state index is 0.734. The summed E-state index contributed by atoms with van der Waals surface area (Å²) in [6.45, 7) is 4.18. The van der Waals surface area contributed by atoms with Crippen molar-refractivity contribution in [3.8, 4) is 22.5 Å². The molecule has 0 amide bonds. The lowest BCUT2D eigenvalue weighted by Gasteiger charge is -2.14. The number of hydrogen-bond acceptors (Lipinski definition) is 4. The van der Waals surface area contributed by atoms with Gasteiger partial charge in [0.25, 0.3) is 0 Å². The topological polar surface area (TPSA) is 63.8 Å². The number of nitrogens with one attached hydrogen (secondary N) is 1. The van der Waals surface area contributed by atoms with Crippen LogP contribution in [0.4, 0.5) is 17.1 Å². The van der Waals surface area contributed by atoms with Gasteiger partial charge in [-0.15, -0.1) is 0 Å². The Labute approximate surface area is 187 Å². The molecule has 156 valence electrons. The number of benzene rings is 4. The zero-order valence-electron chi connectivity index (χ0n) is 18.1. The first-order valence-corrected chi connectivity index (χ1v) is 10.6. The number of hydrogen-bond donors (Lipinski definition) is 2. The number of rotatable bonds is 4. The predicted molar refractivity (Wildman–Crippen MR) is 134 cm³/mol. The summed E-state index contributed by atoms with van der Waals surface area (Å²) in [6, 6.07) is 30.6. The van der Waals surface area contributed by atoms with Crippen molar-refractivity contribution in [1.82, 2.24) is 9.97 Å². The van der Waals surface area contributed by atoms with E-state index in [1.807, 2.05) is 42.5 Å². The van der Waals surface area contributed by atoms with Crippen LogP contribution in [0.1, 0.15) is 11.1 Å². The molecule has 0 radical (unpaired) electrons. The number of nitrogen functional groups attached to an aromatic ring is 1. The third-order valence-corrected chi connectivity index (χ3v) is 5.53. The Morgan fingerprint density at radius 2 is 1.19 bits per heavy atom. The third-order valence-electron chi connectivity index (χ3n) is 5.53. The molecule has 0 unspecified atom stereocenters. The van der Waals surface area contributed by atoms with Crippen LogP contribution in [0.3, 0.4) is 0 Å². The summed E-state index contributed by atoms with van der Waals surface area (Å²) >= 11 is 0. The zero-order valence-corrected chi connectivity index (χ0v) is 18.1. The van der Waals surface area contributed by atoms with Gasteiger partial charge in [-0.05, 0) is 50.2 Å². The van der Waals surface area contributed by atoms with Crippen LogP contribution in [0.25, 0.3) is 33.5 Å². The van der Waals surface area contributed by atoms with E-state index in [-0.39, 0.29) is 0 Å². The molecule has 4 nitrogen and oxygen atoms in total. The molecule has 0 aliphatic rings. The molecule has 0 fully saturated rings. The number of aromatic nitrogens is 2. The van der Waals surface area contributed by atoms with Gasteiger partial charge >= 0.3 is 0 Å². The smallest absolute Gasteiger partial charge is 0.113 e. The number of para-hydroxylation sites is 1. The van der Waals surface area contributed by atoms with Crippen LogP contribution in [-0.2, 0) is 0 Å². The Morgan fingerprint density at radius 3 is 1.78 bits per heavy atom. The van der Waals surface area contributed by atoms with Gasteiger partial charge in [-0.2, -0.15) is 0 Å². The summed E-state index contributed by atoms with van der Waals surface area (Å²) in [5.74, 6) is 0. The van der Waals surface area contributed by atoms with Crippen LogP contribution >= 0.6 is 0 Å². The van der Waals surface area contributed by atoms with Crippen LogP contribution < -0.4 is 11.1 Å². The quantitative estimate of drug-likeness (QED) is 0.313. The molecule has 5 aromatic rings. The monoisotopic (exact) mass is 416 g/mol. The molecule has 3 N–H and O–H groups in total. The van der Waals surface area contributed by atoms with E-state index in [0.29, 0.717) is 0 Å². The normalized spacial score (nSPS) is 10.9. The van der Waals surface area contributed by atoms with Crippen molar-refractivity contribution in [2.75, 3.05) is 11.1 Å². The second kappa shape index (κ2) is 8.16. The molecule has 4 heteroatoms. The Morgan fingerprint density at radius 1 is 0.625 bits per heavy atom. The molecule has 1 heterocycles. The van der Waals surface area contributed by atoms with E-state index in [0.717, 1.165) is 50.6 Å². The number of anilines is 3. The van der Waals surface area contributed by atoms with Gasteiger partial charge in [0.05, 0.1) is 22.6 Å². The summed E-state index contributed by atoms with van der Waals surface area (Å²) in [4.78, 5) is 10.2. The highest BCUT2D eigenvalue weighted by Crippen LogP contribution is 2.34. The third kappa shape index (κ3) is 3.91. The molecule has 0 saturated heterocycles. The number of fused-ring (bicyclic) bond motifs is 1. The van der Waals surface area contributed by atoms with E-state index in [9.17, 15) is 0 Å². The molecular formula is C28H24N4. The average Bonchev–Trinajstić information content (AvgIpc) is 2.81. The van der Waals surface area contributed by atoms with Crippen molar-refractivity contribution in [2.45, 2.75) is 13.8 Å². The van der Waals surface area contributed by atoms with E-state index in [2.05, 4.69) is 67.7 Å². The van der Waals surface area contributed by atoms with Gasteiger partial charge in [-0.3, -0.25) is 0 Å². The summed E-state index contributed by atoms with van der Waals surface area (Å²) in [5, 5.41) is 3.47. The van der Waals surface area contributed by atoms with Gasteiger partial charge in [0, 0.05) is 22.5 Å². The fraction of sp³-hybridized carbons (Fsp3) is 0.0714. The predicted octanol–water partition coefficient (Wildman–Crippen LogP) is 6.91. The molecule has 1 aromatic heterocycles. The number of aryl methyl sites for hydroxylation is 2. The van der Waals surface area contributed by atoms with Gasteiger partial charge in [0.15, 0.2) is 0 Å². The SMILES string of the molecule is Cc1ccc(-c2nc3cccc(Nc4ccc(N)cc4)c3nc2-c2ccc(C)cc2)cc1. The van der Waals surface area contributed by atoms with Gasteiger partial charge in [-0.1, -0.05) is 65.7 Å². The first-order chi connectivity index (χ1) is 15.6. The highest BCUT2D eigenvalue weighted by Gasteiger charge is 2.15. The summed E-state index contributed by atoms with van der Waals surface area (Å²) in [6.07, 6.45) is 0. The molecule has 0 aliphatic heterocycles. The van der Waals surface area contributed by atoms with Gasteiger partial charge in [-0.25, -0.2) is 9.97 Å². The van der Waals surface area contributed by atoms with Crippen LogP contribution in [0, 0.1) is 13.8 Å². The Hall–Kier alpha value is -4.18. The van der Waals surface area contributed by atoms with Crippen molar-refractivity contribution < 1.29 is 0 Å². The minimum Gasteiger partial charge on any atom is -0.399 e. The van der Waals surface area contributed by atoms with Crippen molar-refractivity contribution in [1.29, 1.82) is 0 Å². The fourth-order valence-corrected chi connectivity index (χ4v) is 3.73. The molecular weight excluding hydrogens is 392 g/mol. The Bertz CT molecular complexity index is 1390. The second-order valence-electron chi connectivity index (χ2n) is 8.07. The summed E-state index contributed by atoms with van der Waals surface area (Å²) in [7, 11) is 0. The van der Waals surface area contributed by atoms with Crippen LogP contribution in [-0.4, -0.2) is 9.97 Å². The zero-order chi connectivity index (χ0) is 22.1. The summed E-state index contributed by atoms with van der Waals surface area (Å²) in [5.41, 5.74) is 16.4. The fourth-order valence-electron chi connectivity index (χ4n) is 3.73. The highest BCUT2D eigenvalue weighted by molar-refractivity contribution is 5.94. The maximum Gasteiger partial charge on any atom is 0.113 e. The van der Waals surface area contributed by atoms with E-state index in [4.69, 9.17) is 15.7 Å². The van der Waals surface area contributed by atoms with E-state index in [1.165, 1.54) is 11.1 Å². The molecule has 0 bridgehead atoms. The van der Waals surface area contributed by atoms with Crippen LogP contribution in [0.15, 0.2) is 91.0 Å². The largest absolute Gasteiger partial charge is 0.399 e. The van der Waals surface area contributed by atoms with Gasteiger partial charge in [0.2, 0.25) is 0 Å². The minimum atomic E-state index is 0.734. The molecule has 5 rings (SSSR count). The lowest BCUT2D eigenvalue weighted by atomic mass is 10.0. The lowest BCUT2D eigenvalue weighted by Crippen LogP contribution is -1.99. The number of nitrogens with two attached hydrogens (primary N) is 1. The maximum absolute atomic E-state index is 5.84. The average molecular weight is 417 g/mol. The maximum atomic E-state index is 5.84. The number of nitrogens with zero attached hydrogens (tertiary/aromatic N) is 2. The molecule has 4 aromatic carbocycles. The van der Waals surface area contributed by atoms with Crippen LogP contribution in [0.5, 0.6) is 0 Å². The van der Waals surface area contributed by atoms with Crippen molar-refractivity contribution in [3.63, 3.8) is 0 Å². The molecule has 0 spiro atoms. The first-order valence-electron chi connectivity index (χ1n) is 10.6. The Kier molecular flexibility index (Phi) is 5.04. The van der Waals surface area contributed by atoms with E-state index < -0.39 is 0 Å². The molecule has 0 aliphatic carbocycles. The van der Waals surface area contributed by atoms with Crippen molar-refractivity contribution in [3.05, 3.63) is 102 Å². The van der Waals surface area contributed by atoms with Crippen molar-refractivity contribution >= 4 is 28.1 Å². The van der Waals surface area contributed by atoms with Crippen LogP contribution in [0.2, 0.25) is 0 Å². The van der Waals surface area contributed by atoms with E-state index in [1.54, 1.807) is 0 Å². The molecule has 32 heavy (non-hydrogen) atoms. The first kappa shape index (κ1) is 19.8. The Balaban J connectivity index is 1.71. The molecule has 0 saturated carbocycles. The lowest BCUT2D eigenvalue weighted by molar-refractivity contribution is 1.28. The molecule has 0 atom stereocenters. The van der Waals surface area contributed by atoms with Gasteiger partial charge in [0.1, 0.15) is 5.52 Å². The highest BCUT2D eigenvalue weighted by atomic mass is 14.9. The summed E-state index contributed by atoms with van der Waals surface area (Å²) < 4.78 is 0. The second-order valence-corrected chi connectivity index (χ2v) is 8.07. The van der Waals surface area contributed by atoms with Crippen molar-refractivity contribution in [2.24, 2.45) is 0 Å². The van der Waals surface area contributed by atoms with E-state index >= 15 is 0 Å². The van der Waals surface area contributed by atoms with Gasteiger partial charge < -0.3 is 11.1 Å². The standard InChI is InChI=1S/C28H24N4/c1-18-6-10-20(11-7-18)26-27(21-12-8-19(2)9-13-21)32-28-24(4-3-5-25(28)31-26)30-23-16-14-22(29)15-17-23/h3-17,30H,29H2,1-2H3.